The Morgan fingerprint density at radius 3 is 2.43 bits per heavy atom. The molecule has 0 bridgehead atoms. The molecule has 1 N–H and O–H groups in total. The molecule has 0 spiro atoms. The molecule has 2 aromatic rings. The molecule has 2 rings (SSSR count). The third-order valence-corrected chi connectivity index (χ3v) is 3.15. The van der Waals surface area contributed by atoms with Crippen molar-refractivity contribution in [3.8, 4) is 11.8 Å². The highest BCUT2D eigenvalue weighted by molar-refractivity contribution is 5.95. The van der Waals surface area contributed by atoms with Crippen LogP contribution in [-0.2, 0) is 11.2 Å². The first kappa shape index (κ1) is 14.6. The van der Waals surface area contributed by atoms with E-state index in [0.29, 0.717) is 12.1 Å². The smallest absolute Gasteiger partial charge is 0.231 e. The van der Waals surface area contributed by atoms with Gasteiger partial charge in [0.15, 0.2) is 0 Å². The molecule has 0 saturated heterocycles. The molecule has 0 radical (unpaired) electrons. The number of hydrogen-bond donors (Lipinski definition) is 1. The Hall–Kier alpha value is -2.80. The Morgan fingerprint density at radius 1 is 1.10 bits per heavy atom. The Labute approximate surface area is 123 Å². The maximum absolute atomic E-state index is 12.5. The van der Waals surface area contributed by atoms with Crippen molar-refractivity contribution < 1.29 is 9.90 Å². The van der Waals surface area contributed by atoms with E-state index in [9.17, 15) is 9.90 Å². The van der Waals surface area contributed by atoms with Gasteiger partial charge in [0.05, 0.1) is 18.9 Å². The number of nitriles is 1. The predicted octanol–water partition coefficient (Wildman–Crippen LogP) is 2.88. The maximum atomic E-state index is 12.5. The second kappa shape index (κ2) is 7.11. The number of amides is 1. The Balaban J connectivity index is 2.19. The van der Waals surface area contributed by atoms with Crippen molar-refractivity contribution in [3.05, 3.63) is 60.2 Å². The molecule has 4 heteroatoms. The van der Waals surface area contributed by atoms with Gasteiger partial charge >= 0.3 is 0 Å². The highest BCUT2D eigenvalue weighted by Crippen LogP contribution is 2.20. The molecule has 0 aliphatic rings. The number of phenols is 1. The van der Waals surface area contributed by atoms with Gasteiger partial charge in [0.25, 0.3) is 0 Å². The second-order valence-electron chi connectivity index (χ2n) is 4.59. The van der Waals surface area contributed by atoms with E-state index < -0.39 is 0 Å². The van der Waals surface area contributed by atoms with Crippen LogP contribution in [0.25, 0.3) is 0 Å². The van der Waals surface area contributed by atoms with Crippen LogP contribution in [0.2, 0.25) is 0 Å². The number of phenolic OH excluding ortho intramolecular Hbond substituents is 1. The Morgan fingerprint density at radius 2 is 1.76 bits per heavy atom. The summed E-state index contributed by atoms with van der Waals surface area (Å²) in [6.45, 7) is 0.340. The number of anilines is 1. The minimum absolute atomic E-state index is 0.104. The number of hydrogen-bond acceptors (Lipinski definition) is 3. The monoisotopic (exact) mass is 280 g/mol. The predicted molar refractivity (Wildman–Crippen MR) is 80.8 cm³/mol. The number of para-hydroxylation sites is 2. The van der Waals surface area contributed by atoms with Crippen molar-refractivity contribution in [2.75, 3.05) is 11.4 Å². The summed E-state index contributed by atoms with van der Waals surface area (Å²) < 4.78 is 0. The van der Waals surface area contributed by atoms with Crippen LogP contribution in [0.3, 0.4) is 0 Å². The van der Waals surface area contributed by atoms with Gasteiger partial charge in [-0.05, 0) is 18.2 Å². The lowest BCUT2D eigenvalue weighted by atomic mass is 10.1. The van der Waals surface area contributed by atoms with Crippen molar-refractivity contribution in [2.45, 2.75) is 12.8 Å². The fourth-order valence-corrected chi connectivity index (χ4v) is 2.09. The molecule has 0 aromatic heterocycles. The molecule has 2 aromatic carbocycles. The number of benzene rings is 2. The largest absolute Gasteiger partial charge is 0.508 e. The van der Waals surface area contributed by atoms with Gasteiger partial charge in [0.2, 0.25) is 5.91 Å². The molecule has 0 saturated carbocycles. The average Bonchev–Trinajstić information content (AvgIpc) is 2.51. The number of carbonyl (C=O) groups excluding carboxylic acids is 1. The van der Waals surface area contributed by atoms with Gasteiger partial charge < -0.3 is 10.0 Å². The van der Waals surface area contributed by atoms with E-state index in [1.807, 2.05) is 30.3 Å². The summed E-state index contributed by atoms with van der Waals surface area (Å²) >= 11 is 0. The van der Waals surface area contributed by atoms with Gasteiger partial charge in [-0.1, -0.05) is 36.4 Å². The van der Waals surface area contributed by atoms with Crippen molar-refractivity contribution in [1.29, 1.82) is 5.26 Å². The molecule has 0 fully saturated rings. The van der Waals surface area contributed by atoms with Gasteiger partial charge in [-0.2, -0.15) is 5.26 Å². The van der Waals surface area contributed by atoms with Crippen LogP contribution in [0, 0.1) is 11.3 Å². The average molecular weight is 280 g/mol. The molecule has 0 unspecified atom stereocenters. The zero-order valence-electron chi connectivity index (χ0n) is 11.6. The van der Waals surface area contributed by atoms with Crippen molar-refractivity contribution >= 4 is 11.6 Å². The van der Waals surface area contributed by atoms with Crippen LogP contribution in [0.5, 0.6) is 5.75 Å². The lowest BCUT2D eigenvalue weighted by Crippen LogP contribution is -2.33. The van der Waals surface area contributed by atoms with Crippen LogP contribution in [0.4, 0.5) is 5.69 Å². The summed E-state index contributed by atoms with van der Waals surface area (Å²) in [6, 6.07) is 18.1. The normalized spacial score (nSPS) is 9.86. The van der Waals surface area contributed by atoms with Gasteiger partial charge in [0.1, 0.15) is 5.75 Å². The molecule has 21 heavy (non-hydrogen) atoms. The summed E-state index contributed by atoms with van der Waals surface area (Å²) in [5.74, 6) is -0.0305. The number of aromatic hydroxyl groups is 1. The molecule has 1 amide bonds. The SMILES string of the molecule is N#CCCN(C(=O)Cc1ccccc1O)c1ccccc1. The van der Waals surface area contributed by atoms with Crippen molar-refractivity contribution in [2.24, 2.45) is 0 Å². The number of nitrogens with zero attached hydrogens (tertiary/aromatic N) is 2. The Kier molecular flexibility index (Phi) is 4.94. The summed E-state index contributed by atoms with van der Waals surface area (Å²) in [5.41, 5.74) is 1.34. The van der Waals surface area contributed by atoms with Crippen molar-refractivity contribution in [1.82, 2.24) is 0 Å². The zero-order chi connectivity index (χ0) is 15.1. The number of rotatable bonds is 5. The standard InChI is InChI=1S/C17H16N2O2/c18-11-6-12-19(15-8-2-1-3-9-15)17(21)13-14-7-4-5-10-16(14)20/h1-5,7-10,20H,6,12-13H2. The first-order valence-electron chi connectivity index (χ1n) is 6.71. The first-order chi connectivity index (χ1) is 10.2. The number of carbonyl (C=O) groups is 1. The van der Waals surface area contributed by atoms with Gasteiger partial charge in [0, 0.05) is 17.8 Å². The topological polar surface area (TPSA) is 64.3 Å². The molecular weight excluding hydrogens is 264 g/mol. The molecular formula is C17H16N2O2. The summed E-state index contributed by atoms with van der Waals surface area (Å²) in [5, 5.41) is 18.5. The van der Waals surface area contributed by atoms with Crippen LogP contribution in [-0.4, -0.2) is 17.6 Å². The second-order valence-corrected chi connectivity index (χ2v) is 4.59. The minimum Gasteiger partial charge on any atom is -0.508 e. The molecule has 0 aliphatic heterocycles. The van der Waals surface area contributed by atoms with Gasteiger partial charge in [-0.15, -0.1) is 0 Å². The summed E-state index contributed by atoms with van der Waals surface area (Å²) in [7, 11) is 0. The van der Waals surface area contributed by atoms with Gasteiger partial charge in [-0.25, -0.2) is 0 Å². The maximum Gasteiger partial charge on any atom is 0.231 e. The van der Waals surface area contributed by atoms with E-state index in [4.69, 9.17) is 5.26 Å². The zero-order valence-corrected chi connectivity index (χ0v) is 11.6. The van der Waals surface area contributed by atoms with Gasteiger partial charge in [-0.3, -0.25) is 4.79 Å². The third-order valence-electron chi connectivity index (χ3n) is 3.15. The van der Waals surface area contributed by atoms with E-state index in [-0.39, 0.29) is 24.5 Å². The van der Waals surface area contributed by atoms with E-state index in [1.165, 1.54) is 0 Å². The molecule has 0 heterocycles. The van der Waals surface area contributed by atoms with Crippen LogP contribution in [0.15, 0.2) is 54.6 Å². The van der Waals surface area contributed by atoms with E-state index in [2.05, 4.69) is 6.07 Å². The van der Waals surface area contributed by atoms with E-state index >= 15 is 0 Å². The third kappa shape index (κ3) is 3.83. The van der Waals surface area contributed by atoms with E-state index in [1.54, 1.807) is 29.2 Å². The minimum atomic E-state index is -0.141. The highest BCUT2D eigenvalue weighted by atomic mass is 16.3. The lowest BCUT2D eigenvalue weighted by molar-refractivity contribution is -0.118. The van der Waals surface area contributed by atoms with Crippen LogP contribution < -0.4 is 4.90 Å². The van der Waals surface area contributed by atoms with Crippen LogP contribution >= 0.6 is 0 Å². The first-order valence-corrected chi connectivity index (χ1v) is 6.71. The molecule has 4 nitrogen and oxygen atoms in total. The molecule has 106 valence electrons. The van der Waals surface area contributed by atoms with E-state index in [0.717, 1.165) is 5.69 Å². The summed E-state index contributed by atoms with van der Waals surface area (Å²) in [6.07, 6.45) is 0.369. The van der Waals surface area contributed by atoms with Crippen LogP contribution in [0.1, 0.15) is 12.0 Å². The fraction of sp³-hybridized carbons (Fsp3) is 0.176. The fourth-order valence-electron chi connectivity index (χ4n) is 2.09. The molecule has 0 atom stereocenters. The lowest BCUT2D eigenvalue weighted by Gasteiger charge is -2.22. The quantitative estimate of drug-likeness (QED) is 0.916. The highest BCUT2D eigenvalue weighted by Gasteiger charge is 2.17. The summed E-state index contributed by atoms with van der Waals surface area (Å²) in [4.78, 5) is 14.1. The van der Waals surface area contributed by atoms with Crippen molar-refractivity contribution in [3.63, 3.8) is 0 Å². The molecule has 0 aliphatic carbocycles. The Bertz CT molecular complexity index is 647.